The van der Waals surface area contributed by atoms with Crippen molar-refractivity contribution in [1.82, 2.24) is 4.90 Å². The van der Waals surface area contributed by atoms with Crippen LogP contribution in [0.25, 0.3) is 0 Å². The third kappa shape index (κ3) is 2.32. The number of ketones is 1. The molecule has 0 unspecified atom stereocenters. The van der Waals surface area contributed by atoms with Crippen LogP contribution in [0.3, 0.4) is 0 Å². The van der Waals surface area contributed by atoms with Gasteiger partial charge in [0.2, 0.25) is 0 Å². The van der Waals surface area contributed by atoms with Crippen LogP contribution < -0.4 is 4.74 Å². The standard InChI is InChI=1S/C23H31NO3/c1-15-10-18(25)13-22-8-9-24(14-16-4-5-16)21(23(15,22)27-3)11-17-6-7-19(26-2)12-20(17)22/h6-7,12,15-16,21H,4-5,8-11,13-14H2,1-3H3/t15-,21+,22+,23+/m0/s1. The number of carbonyl (C=O) groups is 1. The van der Waals surface area contributed by atoms with Crippen LogP contribution in [0.4, 0.5) is 0 Å². The molecule has 4 atom stereocenters. The third-order valence-electron chi connectivity index (χ3n) is 8.05. The van der Waals surface area contributed by atoms with Crippen molar-refractivity contribution in [1.29, 1.82) is 0 Å². The maximum absolute atomic E-state index is 12.8. The van der Waals surface area contributed by atoms with Gasteiger partial charge >= 0.3 is 0 Å². The van der Waals surface area contributed by atoms with Gasteiger partial charge in [-0.1, -0.05) is 13.0 Å². The maximum Gasteiger partial charge on any atom is 0.134 e. The van der Waals surface area contributed by atoms with Crippen molar-refractivity contribution < 1.29 is 14.3 Å². The van der Waals surface area contributed by atoms with Crippen molar-refractivity contribution in [3.8, 4) is 5.75 Å². The van der Waals surface area contributed by atoms with Crippen LogP contribution in [0.2, 0.25) is 0 Å². The monoisotopic (exact) mass is 369 g/mol. The van der Waals surface area contributed by atoms with Crippen molar-refractivity contribution in [3.05, 3.63) is 29.3 Å². The summed E-state index contributed by atoms with van der Waals surface area (Å²) in [6.07, 6.45) is 6.01. The molecule has 0 amide bonds. The Labute approximate surface area is 162 Å². The molecule has 0 radical (unpaired) electrons. The summed E-state index contributed by atoms with van der Waals surface area (Å²) < 4.78 is 12.1. The molecule has 1 aromatic carbocycles. The fraction of sp³-hybridized carbons (Fsp3) is 0.696. The second kappa shape index (κ2) is 6.05. The molecular weight excluding hydrogens is 338 g/mol. The highest BCUT2D eigenvalue weighted by molar-refractivity contribution is 5.83. The van der Waals surface area contributed by atoms with Crippen LogP contribution in [-0.2, 0) is 21.4 Å². The molecular formula is C23H31NO3. The van der Waals surface area contributed by atoms with E-state index in [9.17, 15) is 4.79 Å². The smallest absolute Gasteiger partial charge is 0.134 e. The van der Waals surface area contributed by atoms with Crippen molar-refractivity contribution in [2.45, 2.75) is 62.5 Å². The van der Waals surface area contributed by atoms with Gasteiger partial charge in [0.15, 0.2) is 0 Å². The van der Waals surface area contributed by atoms with Gasteiger partial charge in [-0.15, -0.1) is 0 Å². The number of fused-ring (bicyclic) bond motifs is 1. The van der Waals surface area contributed by atoms with Crippen LogP contribution in [-0.4, -0.2) is 49.6 Å². The molecule has 4 aliphatic rings. The summed E-state index contributed by atoms with van der Waals surface area (Å²) in [5.74, 6) is 2.37. The van der Waals surface area contributed by atoms with E-state index in [0.717, 1.165) is 31.1 Å². The molecule has 3 fully saturated rings. The Kier molecular flexibility index (Phi) is 3.97. The molecule has 0 N–H and O–H groups in total. The van der Waals surface area contributed by atoms with Gasteiger partial charge in [-0.3, -0.25) is 9.69 Å². The number of carbonyl (C=O) groups excluding carboxylic acids is 1. The van der Waals surface area contributed by atoms with Gasteiger partial charge in [0, 0.05) is 38.0 Å². The molecule has 146 valence electrons. The van der Waals surface area contributed by atoms with E-state index in [4.69, 9.17) is 9.47 Å². The number of nitrogens with zero attached hydrogens (tertiary/aromatic N) is 1. The number of methoxy groups -OCH3 is 2. The lowest BCUT2D eigenvalue weighted by Gasteiger charge is -2.67. The van der Waals surface area contributed by atoms with Crippen LogP contribution in [0, 0.1) is 11.8 Å². The first-order chi connectivity index (χ1) is 13.0. The number of piperidine rings is 1. The first kappa shape index (κ1) is 17.7. The average Bonchev–Trinajstić information content (AvgIpc) is 3.47. The van der Waals surface area contributed by atoms with Crippen molar-refractivity contribution in [2.75, 3.05) is 27.3 Å². The normalized spacial score (nSPS) is 38.3. The first-order valence-electron chi connectivity index (χ1n) is 10.5. The Morgan fingerprint density at radius 2 is 2.04 bits per heavy atom. The van der Waals surface area contributed by atoms with Crippen LogP contribution in [0.1, 0.15) is 50.2 Å². The van der Waals surface area contributed by atoms with Gasteiger partial charge in [-0.25, -0.2) is 0 Å². The Bertz CT molecular complexity index is 773. The van der Waals surface area contributed by atoms with Crippen molar-refractivity contribution >= 4 is 5.78 Å². The van der Waals surface area contributed by atoms with Gasteiger partial charge in [0.05, 0.1) is 12.7 Å². The summed E-state index contributed by atoms with van der Waals surface area (Å²) in [5.41, 5.74) is 2.19. The molecule has 4 heteroatoms. The topological polar surface area (TPSA) is 38.8 Å². The first-order valence-corrected chi connectivity index (χ1v) is 10.5. The van der Waals surface area contributed by atoms with Gasteiger partial charge in [0.25, 0.3) is 0 Å². The number of ether oxygens (including phenoxy) is 2. The summed E-state index contributed by atoms with van der Waals surface area (Å²) in [7, 11) is 3.61. The van der Waals surface area contributed by atoms with Gasteiger partial charge in [0.1, 0.15) is 11.5 Å². The Morgan fingerprint density at radius 3 is 2.74 bits per heavy atom. The summed E-state index contributed by atoms with van der Waals surface area (Å²) >= 11 is 0. The van der Waals surface area contributed by atoms with E-state index >= 15 is 0 Å². The number of rotatable bonds is 4. The predicted molar refractivity (Wildman–Crippen MR) is 104 cm³/mol. The number of benzene rings is 1. The minimum absolute atomic E-state index is 0.219. The molecule has 2 saturated carbocycles. The summed E-state index contributed by atoms with van der Waals surface area (Å²) in [6, 6.07) is 6.86. The van der Waals surface area contributed by atoms with Crippen molar-refractivity contribution in [2.24, 2.45) is 11.8 Å². The zero-order chi connectivity index (χ0) is 18.8. The van der Waals surface area contributed by atoms with E-state index in [2.05, 4.69) is 30.0 Å². The average molecular weight is 370 g/mol. The SMILES string of the molecule is COc1ccc2c(c1)[C@]13CCN(CC4CC4)[C@H](C2)[C@]1(OC)[C@@H](C)CC(=O)C3. The highest BCUT2D eigenvalue weighted by atomic mass is 16.5. The second-order valence-corrected chi connectivity index (χ2v) is 9.33. The highest BCUT2D eigenvalue weighted by Crippen LogP contribution is 2.61. The number of hydrogen-bond donors (Lipinski definition) is 0. The van der Waals surface area contributed by atoms with Crippen LogP contribution in [0.5, 0.6) is 5.75 Å². The minimum atomic E-state index is -0.284. The van der Waals surface area contributed by atoms with Gasteiger partial charge < -0.3 is 9.47 Å². The minimum Gasteiger partial charge on any atom is -0.497 e. The van der Waals surface area contributed by atoms with E-state index in [0.29, 0.717) is 24.7 Å². The number of Topliss-reactive ketones (excluding diaryl/α,β-unsaturated/α-hetero) is 1. The molecule has 0 spiro atoms. The van der Waals surface area contributed by atoms with Crippen molar-refractivity contribution in [3.63, 3.8) is 0 Å². The zero-order valence-electron chi connectivity index (χ0n) is 16.8. The number of hydrogen-bond acceptors (Lipinski definition) is 4. The molecule has 2 bridgehead atoms. The van der Waals surface area contributed by atoms with Gasteiger partial charge in [-0.2, -0.15) is 0 Å². The van der Waals surface area contributed by atoms with E-state index in [1.165, 1.54) is 30.5 Å². The largest absolute Gasteiger partial charge is 0.497 e. The van der Waals surface area contributed by atoms with E-state index in [1.54, 1.807) is 7.11 Å². The molecule has 1 saturated heterocycles. The Balaban J connectivity index is 1.70. The summed E-state index contributed by atoms with van der Waals surface area (Å²) in [6.45, 7) is 4.51. The van der Waals surface area contributed by atoms with E-state index < -0.39 is 0 Å². The van der Waals surface area contributed by atoms with E-state index in [1.807, 2.05) is 7.11 Å². The summed E-state index contributed by atoms with van der Waals surface area (Å²) in [5, 5.41) is 0. The zero-order valence-corrected chi connectivity index (χ0v) is 16.8. The molecule has 0 aromatic heterocycles. The molecule has 1 aliphatic heterocycles. The predicted octanol–water partition coefficient (Wildman–Crippen LogP) is 3.36. The fourth-order valence-electron chi connectivity index (χ4n) is 6.82. The molecule has 4 nitrogen and oxygen atoms in total. The lowest BCUT2D eigenvalue weighted by Crippen LogP contribution is -2.76. The second-order valence-electron chi connectivity index (χ2n) is 9.33. The fourth-order valence-corrected chi connectivity index (χ4v) is 6.82. The number of likely N-dealkylation sites (tertiary alicyclic amines) is 1. The Hall–Kier alpha value is -1.39. The maximum atomic E-state index is 12.8. The van der Waals surface area contributed by atoms with Crippen LogP contribution >= 0.6 is 0 Å². The molecule has 5 rings (SSSR count). The highest BCUT2D eigenvalue weighted by Gasteiger charge is 2.68. The summed E-state index contributed by atoms with van der Waals surface area (Å²) in [4.78, 5) is 15.5. The Morgan fingerprint density at radius 1 is 1.22 bits per heavy atom. The quantitative estimate of drug-likeness (QED) is 0.816. The molecule has 27 heavy (non-hydrogen) atoms. The van der Waals surface area contributed by atoms with Gasteiger partial charge in [-0.05, 0) is 67.3 Å². The molecule has 1 aromatic rings. The lowest BCUT2D eigenvalue weighted by molar-refractivity contribution is -0.210. The molecule has 3 aliphatic carbocycles. The lowest BCUT2D eigenvalue weighted by atomic mass is 9.46. The van der Waals surface area contributed by atoms with E-state index in [-0.39, 0.29) is 16.9 Å². The molecule has 1 heterocycles. The van der Waals surface area contributed by atoms with Crippen LogP contribution in [0.15, 0.2) is 18.2 Å². The third-order valence-corrected chi connectivity index (χ3v) is 8.05.